The first-order valence-corrected chi connectivity index (χ1v) is 7.66. The summed E-state index contributed by atoms with van der Waals surface area (Å²) in [6.45, 7) is 2.50. The Hall–Kier alpha value is -2.03. The number of pyridine rings is 1. The molecule has 6 nitrogen and oxygen atoms in total. The van der Waals surface area contributed by atoms with Crippen LogP contribution in [-0.4, -0.2) is 57.5 Å². The monoisotopic (exact) mass is 345 g/mol. The molecule has 1 amide bonds. The molecule has 2 aliphatic rings. The number of carbonyl (C=O) groups is 1. The number of aromatic nitrogens is 1. The molecule has 3 atom stereocenters. The van der Waals surface area contributed by atoms with Crippen molar-refractivity contribution in [1.29, 1.82) is 0 Å². The highest BCUT2D eigenvalue weighted by Gasteiger charge is 2.41. The molecule has 2 N–H and O–H groups in total. The quantitative estimate of drug-likeness (QED) is 0.859. The molecule has 1 aromatic rings. The highest BCUT2D eigenvalue weighted by molar-refractivity contribution is 5.67. The fraction of sp³-hybridized carbons (Fsp3) is 0.600. The number of nitrogens with zero attached hydrogens (tertiary/aromatic N) is 3. The zero-order chi connectivity index (χ0) is 17.6. The van der Waals surface area contributed by atoms with Gasteiger partial charge in [-0.2, -0.15) is 13.2 Å². The lowest BCUT2D eigenvalue weighted by atomic mass is 10.1. The van der Waals surface area contributed by atoms with Crippen molar-refractivity contribution in [3.8, 4) is 0 Å². The number of halogens is 3. The maximum Gasteiger partial charge on any atom is 0.407 e. The second-order valence-corrected chi connectivity index (χ2v) is 6.36. The van der Waals surface area contributed by atoms with Crippen LogP contribution in [-0.2, 0) is 6.42 Å². The average molecular weight is 345 g/mol. The van der Waals surface area contributed by atoms with Gasteiger partial charge >= 0.3 is 12.3 Å². The van der Waals surface area contributed by atoms with E-state index >= 15 is 0 Å². The molecule has 3 rings (SSSR count). The summed E-state index contributed by atoms with van der Waals surface area (Å²) >= 11 is 0. The number of alkyl halides is 3. The molecule has 0 bridgehead atoms. The van der Waals surface area contributed by atoms with Gasteiger partial charge in [-0.3, -0.25) is 0 Å². The van der Waals surface area contributed by atoms with Crippen molar-refractivity contribution in [3.05, 3.63) is 23.4 Å². The third-order valence-electron chi connectivity index (χ3n) is 4.50. The molecule has 24 heavy (non-hydrogen) atoms. The van der Waals surface area contributed by atoms with E-state index in [9.17, 15) is 28.2 Å². The average Bonchev–Trinajstić information content (AvgIpc) is 2.82. The first kappa shape index (κ1) is 16.8. The molecule has 132 valence electrons. The standard InChI is InChI=1S/C15H18F3N3O3/c1-8-6-20(14(23)24)7-10-4-9-2-3-11(19-13(9)21(8)10)12(22)5-15(16,17)18/h2-3,8,10,12,22H,4-7H2,1H3,(H,23,24)/t8-,10-,12?/m1/s1. The zero-order valence-corrected chi connectivity index (χ0v) is 13.0. The van der Waals surface area contributed by atoms with Crippen molar-refractivity contribution in [2.24, 2.45) is 0 Å². The molecule has 0 spiro atoms. The molecule has 0 radical (unpaired) electrons. The Morgan fingerprint density at radius 2 is 2.12 bits per heavy atom. The van der Waals surface area contributed by atoms with Gasteiger partial charge in [0, 0.05) is 19.1 Å². The minimum atomic E-state index is -4.47. The molecule has 1 unspecified atom stereocenters. The van der Waals surface area contributed by atoms with Gasteiger partial charge in [0.25, 0.3) is 0 Å². The largest absolute Gasteiger partial charge is 0.465 e. The second kappa shape index (κ2) is 5.80. The number of anilines is 1. The second-order valence-electron chi connectivity index (χ2n) is 6.36. The van der Waals surface area contributed by atoms with Gasteiger partial charge in [-0.05, 0) is 25.0 Å². The molecule has 2 aliphatic heterocycles. The van der Waals surface area contributed by atoms with Crippen LogP contribution in [0, 0.1) is 0 Å². The number of piperazine rings is 1. The zero-order valence-electron chi connectivity index (χ0n) is 13.0. The van der Waals surface area contributed by atoms with Gasteiger partial charge in [0.15, 0.2) is 0 Å². The van der Waals surface area contributed by atoms with E-state index in [0.29, 0.717) is 25.3 Å². The molecule has 0 aliphatic carbocycles. The van der Waals surface area contributed by atoms with Gasteiger partial charge in [0.1, 0.15) is 11.9 Å². The highest BCUT2D eigenvalue weighted by atomic mass is 19.4. The Morgan fingerprint density at radius 3 is 2.75 bits per heavy atom. The summed E-state index contributed by atoms with van der Waals surface area (Å²) in [7, 11) is 0. The SMILES string of the molecule is C[C@@H]1CN(C(=O)O)C[C@H]2Cc3ccc(C(O)CC(F)(F)F)nc3N21. The summed E-state index contributed by atoms with van der Waals surface area (Å²) in [5.41, 5.74) is 0.849. The number of aliphatic hydroxyl groups excluding tert-OH is 1. The van der Waals surface area contributed by atoms with Crippen LogP contribution in [0.3, 0.4) is 0 Å². The van der Waals surface area contributed by atoms with E-state index < -0.39 is 24.8 Å². The van der Waals surface area contributed by atoms with Crippen LogP contribution >= 0.6 is 0 Å². The third-order valence-corrected chi connectivity index (χ3v) is 4.50. The van der Waals surface area contributed by atoms with Gasteiger partial charge in [0.05, 0.1) is 18.2 Å². The van der Waals surface area contributed by atoms with E-state index in [-0.39, 0.29) is 17.8 Å². The molecular weight excluding hydrogens is 327 g/mol. The van der Waals surface area contributed by atoms with Crippen LogP contribution in [0.5, 0.6) is 0 Å². The maximum absolute atomic E-state index is 12.5. The molecule has 0 aromatic carbocycles. The topological polar surface area (TPSA) is 76.9 Å². The summed E-state index contributed by atoms with van der Waals surface area (Å²) in [4.78, 5) is 18.7. The van der Waals surface area contributed by atoms with E-state index in [1.807, 2.05) is 11.8 Å². The van der Waals surface area contributed by atoms with Crippen LogP contribution in [0.15, 0.2) is 12.1 Å². The Bertz CT molecular complexity index is 653. The fourth-order valence-corrected chi connectivity index (χ4v) is 3.52. The van der Waals surface area contributed by atoms with Crippen molar-refractivity contribution >= 4 is 11.9 Å². The molecule has 1 aromatic heterocycles. The van der Waals surface area contributed by atoms with Crippen molar-refractivity contribution in [1.82, 2.24) is 9.88 Å². The first-order valence-electron chi connectivity index (χ1n) is 7.66. The predicted octanol–water partition coefficient (Wildman–Crippen LogP) is 2.18. The van der Waals surface area contributed by atoms with Gasteiger partial charge in [-0.1, -0.05) is 6.07 Å². The summed E-state index contributed by atoms with van der Waals surface area (Å²) in [6.07, 6.45) is -7.91. The summed E-state index contributed by atoms with van der Waals surface area (Å²) in [6, 6.07) is 2.87. The lowest BCUT2D eigenvalue weighted by Crippen LogP contribution is -2.58. The van der Waals surface area contributed by atoms with Crippen LogP contribution in [0.25, 0.3) is 0 Å². The lowest BCUT2D eigenvalue weighted by molar-refractivity contribution is -0.154. The van der Waals surface area contributed by atoms with Crippen molar-refractivity contribution < 1.29 is 28.2 Å². The Labute approximate surface area is 136 Å². The normalized spacial score (nSPS) is 24.5. The van der Waals surface area contributed by atoms with Crippen LogP contribution < -0.4 is 4.90 Å². The molecule has 9 heteroatoms. The van der Waals surface area contributed by atoms with Crippen molar-refractivity contribution in [2.45, 2.75) is 44.1 Å². The number of hydrogen-bond acceptors (Lipinski definition) is 4. The summed E-state index contributed by atoms with van der Waals surface area (Å²) < 4.78 is 37.4. The van der Waals surface area contributed by atoms with E-state index in [1.165, 1.54) is 11.0 Å². The number of rotatable bonds is 2. The minimum absolute atomic E-state index is 0.0143. The number of aliphatic hydroxyl groups is 1. The Morgan fingerprint density at radius 1 is 1.42 bits per heavy atom. The summed E-state index contributed by atoms with van der Waals surface area (Å²) in [5, 5.41) is 18.9. The molecule has 0 saturated carbocycles. The van der Waals surface area contributed by atoms with E-state index in [1.54, 1.807) is 6.07 Å². The highest BCUT2D eigenvalue weighted by Crippen LogP contribution is 2.37. The fourth-order valence-electron chi connectivity index (χ4n) is 3.52. The first-order chi connectivity index (χ1) is 11.2. The van der Waals surface area contributed by atoms with Crippen LogP contribution in [0.1, 0.15) is 30.7 Å². The summed E-state index contributed by atoms with van der Waals surface area (Å²) in [5.74, 6) is 0.552. The van der Waals surface area contributed by atoms with E-state index in [2.05, 4.69) is 4.98 Å². The van der Waals surface area contributed by atoms with Crippen LogP contribution in [0.4, 0.5) is 23.8 Å². The van der Waals surface area contributed by atoms with Crippen molar-refractivity contribution in [3.63, 3.8) is 0 Å². The molecular formula is C15H18F3N3O3. The number of amides is 1. The molecule has 3 heterocycles. The molecule has 1 fully saturated rings. The Kier molecular flexibility index (Phi) is 4.06. The third kappa shape index (κ3) is 3.12. The van der Waals surface area contributed by atoms with Crippen molar-refractivity contribution in [2.75, 3.05) is 18.0 Å². The smallest absolute Gasteiger partial charge is 0.407 e. The predicted molar refractivity (Wildman–Crippen MR) is 78.9 cm³/mol. The number of fused-ring (bicyclic) bond motifs is 3. The van der Waals surface area contributed by atoms with E-state index in [0.717, 1.165) is 5.56 Å². The van der Waals surface area contributed by atoms with Gasteiger partial charge < -0.3 is 20.0 Å². The lowest BCUT2D eigenvalue weighted by Gasteiger charge is -2.42. The number of hydrogen-bond donors (Lipinski definition) is 2. The van der Waals surface area contributed by atoms with Crippen LogP contribution in [0.2, 0.25) is 0 Å². The van der Waals surface area contributed by atoms with E-state index in [4.69, 9.17) is 0 Å². The van der Waals surface area contributed by atoms with Gasteiger partial charge in [-0.15, -0.1) is 0 Å². The maximum atomic E-state index is 12.5. The Balaban J connectivity index is 1.84. The number of carboxylic acid groups (broad SMARTS) is 1. The van der Waals surface area contributed by atoms with Gasteiger partial charge in [-0.25, -0.2) is 9.78 Å². The molecule has 1 saturated heterocycles. The van der Waals surface area contributed by atoms with Gasteiger partial charge in [0.2, 0.25) is 0 Å². The minimum Gasteiger partial charge on any atom is -0.465 e.